The van der Waals surface area contributed by atoms with Crippen LogP contribution in [0, 0.1) is 0 Å². The maximum absolute atomic E-state index is 12.8. The zero-order chi connectivity index (χ0) is 22.9. The molecule has 1 aromatic carbocycles. The van der Waals surface area contributed by atoms with Crippen LogP contribution in [-0.2, 0) is 6.42 Å². The van der Waals surface area contributed by atoms with E-state index in [0.29, 0.717) is 13.0 Å². The van der Waals surface area contributed by atoms with Crippen molar-refractivity contribution in [3.63, 3.8) is 0 Å². The highest BCUT2D eigenvalue weighted by Gasteiger charge is 2.04. The van der Waals surface area contributed by atoms with Crippen LogP contribution in [0.1, 0.15) is 103 Å². The highest BCUT2D eigenvalue weighted by Crippen LogP contribution is 2.20. The summed E-state index contributed by atoms with van der Waals surface area (Å²) >= 11 is 0. The lowest BCUT2D eigenvalue weighted by Gasteiger charge is -2.08. The van der Waals surface area contributed by atoms with Crippen molar-refractivity contribution in [2.45, 2.75) is 110 Å². The first kappa shape index (κ1) is 26.3. The number of benzene rings is 1. The maximum atomic E-state index is 12.8. The van der Waals surface area contributed by atoms with Crippen molar-refractivity contribution in [1.29, 1.82) is 0 Å². The summed E-state index contributed by atoms with van der Waals surface area (Å²) in [7, 11) is 0. The molecule has 0 amide bonds. The third kappa shape index (κ3) is 11.6. The third-order valence-corrected chi connectivity index (χ3v) is 5.92. The van der Waals surface area contributed by atoms with Gasteiger partial charge in [-0.15, -0.1) is 0 Å². The largest absolute Gasteiger partial charge is 0.493 e. The van der Waals surface area contributed by atoms with Crippen molar-refractivity contribution in [3.05, 3.63) is 42.2 Å². The minimum atomic E-state index is -0.837. The molecular formula is C28H43FN2O. The SMILES string of the molecule is CCCCCCCCCCCCCCc1cnc(-c2ccc(OCCC(C)F)cc2)nc1. The fourth-order valence-corrected chi connectivity index (χ4v) is 3.84. The van der Waals surface area contributed by atoms with Crippen LogP contribution in [0.2, 0.25) is 0 Å². The van der Waals surface area contributed by atoms with Gasteiger partial charge in [-0.3, -0.25) is 0 Å². The molecule has 0 saturated carbocycles. The molecule has 0 bridgehead atoms. The molecule has 2 rings (SSSR count). The minimum absolute atomic E-state index is 0.390. The molecule has 0 aliphatic heterocycles. The molecule has 0 aliphatic carbocycles. The summed E-state index contributed by atoms with van der Waals surface area (Å²) in [5.41, 5.74) is 2.18. The normalized spacial score (nSPS) is 12.1. The Balaban J connectivity index is 1.56. The Morgan fingerprint density at radius 2 is 1.31 bits per heavy atom. The van der Waals surface area contributed by atoms with E-state index in [2.05, 4.69) is 16.9 Å². The molecular weight excluding hydrogens is 399 g/mol. The zero-order valence-electron chi connectivity index (χ0n) is 20.3. The van der Waals surface area contributed by atoms with Crippen LogP contribution in [0.3, 0.4) is 0 Å². The molecule has 0 fully saturated rings. The Bertz CT molecular complexity index is 700. The van der Waals surface area contributed by atoms with Crippen molar-refractivity contribution < 1.29 is 9.13 Å². The van der Waals surface area contributed by atoms with Crippen molar-refractivity contribution in [2.24, 2.45) is 0 Å². The molecule has 178 valence electrons. The van der Waals surface area contributed by atoms with Gasteiger partial charge in [0, 0.05) is 24.4 Å². The average Bonchev–Trinajstić information content (AvgIpc) is 2.80. The molecule has 0 radical (unpaired) electrons. The zero-order valence-corrected chi connectivity index (χ0v) is 20.3. The summed E-state index contributed by atoms with van der Waals surface area (Å²) in [6.45, 7) is 4.21. The van der Waals surface area contributed by atoms with Crippen molar-refractivity contribution in [1.82, 2.24) is 9.97 Å². The number of nitrogens with zero attached hydrogens (tertiary/aromatic N) is 2. The molecule has 1 aromatic heterocycles. The average molecular weight is 443 g/mol. The molecule has 0 spiro atoms. The first-order valence-corrected chi connectivity index (χ1v) is 12.9. The summed E-state index contributed by atoms with van der Waals surface area (Å²) < 4.78 is 18.4. The molecule has 0 aliphatic rings. The van der Waals surface area contributed by atoms with Crippen molar-refractivity contribution >= 4 is 0 Å². The lowest BCUT2D eigenvalue weighted by molar-refractivity contribution is 0.247. The Kier molecular flexibility index (Phi) is 13.7. The quantitative estimate of drug-likeness (QED) is 0.217. The maximum Gasteiger partial charge on any atom is 0.159 e. The first-order valence-electron chi connectivity index (χ1n) is 12.9. The monoisotopic (exact) mass is 442 g/mol. The fraction of sp³-hybridized carbons (Fsp3) is 0.643. The van der Waals surface area contributed by atoms with Gasteiger partial charge in [0.1, 0.15) is 11.9 Å². The Morgan fingerprint density at radius 1 is 0.781 bits per heavy atom. The molecule has 32 heavy (non-hydrogen) atoms. The van der Waals surface area contributed by atoms with Gasteiger partial charge in [-0.25, -0.2) is 14.4 Å². The van der Waals surface area contributed by atoms with E-state index in [4.69, 9.17) is 4.74 Å². The summed E-state index contributed by atoms with van der Waals surface area (Å²) in [4.78, 5) is 9.08. The fourth-order valence-electron chi connectivity index (χ4n) is 3.84. The number of aromatic nitrogens is 2. The summed E-state index contributed by atoms with van der Waals surface area (Å²) in [5, 5.41) is 0. The topological polar surface area (TPSA) is 35.0 Å². The number of unbranched alkanes of at least 4 members (excludes halogenated alkanes) is 11. The summed E-state index contributed by atoms with van der Waals surface area (Å²) in [6, 6.07) is 7.69. The lowest BCUT2D eigenvalue weighted by atomic mass is 10.0. The second kappa shape index (κ2) is 16.6. The second-order valence-electron chi connectivity index (χ2n) is 9.00. The van der Waals surface area contributed by atoms with E-state index in [1.807, 2.05) is 36.7 Å². The number of hydrogen-bond acceptors (Lipinski definition) is 3. The number of halogens is 1. The predicted molar refractivity (Wildman–Crippen MR) is 133 cm³/mol. The molecule has 3 nitrogen and oxygen atoms in total. The Labute approximate surface area is 195 Å². The third-order valence-electron chi connectivity index (χ3n) is 5.92. The number of hydrogen-bond donors (Lipinski definition) is 0. The van der Waals surface area contributed by atoms with Gasteiger partial charge >= 0.3 is 0 Å². The second-order valence-corrected chi connectivity index (χ2v) is 9.00. The van der Waals surface area contributed by atoms with Crippen LogP contribution in [-0.4, -0.2) is 22.7 Å². The van der Waals surface area contributed by atoms with Gasteiger partial charge in [0.05, 0.1) is 6.61 Å². The van der Waals surface area contributed by atoms with E-state index in [0.717, 1.165) is 23.6 Å². The number of rotatable bonds is 18. The predicted octanol–water partition coefficient (Wildman–Crippen LogP) is 8.51. The molecule has 1 heterocycles. The van der Waals surface area contributed by atoms with Gasteiger partial charge in [-0.05, 0) is 49.6 Å². The molecule has 1 unspecified atom stereocenters. The highest BCUT2D eigenvalue weighted by molar-refractivity contribution is 5.55. The summed E-state index contributed by atoms with van der Waals surface area (Å²) in [5.74, 6) is 1.48. The number of ether oxygens (including phenoxy) is 1. The van der Waals surface area contributed by atoms with E-state index >= 15 is 0 Å². The van der Waals surface area contributed by atoms with Crippen LogP contribution < -0.4 is 4.74 Å². The lowest BCUT2D eigenvalue weighted by Crippen LogP contribution is -2.03. The van der Waals surface area contributed by atoms with Crippen LogP contribution in [0.5, 0.6) is 5.75 Å². The highest BCUT2D eigenvalue weighted by atomic mass is 19.1. The Hall–Kier alpha value is -1.97. The molecule has 2 aromatic rings. The molecule has 4 heteroatoms. The Morgan fingerprint density at radius 3 is 1.84 bits per heavy atom. The van der Waals surface area contributed by atoms with Crippen molar-refractivity contribution in [3.8, 4) is 17.1 Å². The van der Waals surface area contributed by atoms with Gasteiger partial charge < -0.3 is 4.74 Å². The van der Waals surface area contributed by atoms with E-state index in [1.165, 1.54) is 82.6 Å². The van der Waals surface area contributed by atoms with Gasteiger partial charge in [0.25, 0.3) is 0 Å². The molecule has 1 atom stereocenters. The molecule has 0 saturated heterocycles. The van der Waals surface area contributed by atoms with Gasteiger partial charge in [-0.1, -0.05) is 77.6 Å². The number of alkyl halides is 1. The standard InChI is InChI=1S/C28H43FN2O/c1-3-4-5-6-7-8-9-10-11-12-13-14-15-25-22-30-28(31-23-25)26-16-18-27(19-17-26)32-21-20-24(2)29/h16-19,22-24H,3-15,20-21H2,1-2H3. The van der Waals surface area contributed by atoms with Gasteiger partial charge in [-0.2, -0.15) is 0 Å². The first-order chi connectivity index (χ1) is 15.7. The minimum Gasteiger partial charge on any atom is -0.493 e. The molecule has 0 N–H and O–H groups in total. The van der Waals surface area contributed by atoms with Gasteiger partial charge in [0.15, 0.2) is 5.82 Å². The number of aryl methyl sites for hydroxylation is 1. The van der Waals surface area contributed by atoms with E-state index in [9.17, 15) is 4.39 Å². The van der Waals surface area contributed by atoms with Crippen LogP contribution in [0.25, 0.3) is 11.4 Å². The van der Waals surface area contributed by atoms with Crippen LogP contribution in [0.15, 0.2) is 36.7 Å². The van der Waals surface area contributed by atoms with E-state index in [-0.39, 0.29) is 0 Å². The summed E-state index contributed by atoms with van der Waals surface area (Å²) in [6.07, 6.45) is 21.0. The van der Waals surface area contributed by atoms with Crippen LogP contribution >= 0.6 is 0 Å². The van der Waals surface area contributed by atoms with E-state index in [1.54, 1.807) is 6.92 Å². The smallest absolute Gasteiger partial charge is 0.159 e. The van der Waals surface area contributed by atoms with E-state index < -0.39 is 6.17 Å². The van der Waals surface area contributed by atoms with Crippen LogP contribution in [0.4, 0.5) is 4.39 Å². The van der Waals surface area contributed by atoms with Gasteiger partial charge in [0.2, 0.25) is 0 Å². The van der Waals surface area contributed by atoms with Crippen molar-refractivity contribution in [2.75, 3.05) is 6.61 Å².